The lowest BCUT2D eigenvalue weighted by Gasteiger charge is -2.29. The van der Waals surface area contributed by atoms with E-state index in [2.05, 4.69) is 47.1 Å². The molecule has 1 unspecified atom stereocenters. The molecule has 7 heteroatoms. The summed E-state index contributed by atoms with van der Waals surface area (Å²) in [5.74, 6) is 2.32. The first-order chi connectivity index (χ1) is 15.5. The smallest absolute Gasteiger partial charge is 0.162 e. The van der Waals surface area contributed by atoms with Crippen molar-refractivity contribution in [3.8, 4) is 11.4 Å². The summed E-state index contributed by atoms with van der Waals surface area (Å²) in [6, 6.07) is 4.08. The van der Waals surface area contributed by atoms with E-state index >= 15 is 0 Å². The number of hydrogen-bond acceptors (Lipinski definition) is 6. The van der Waals surface area contributed by atoms with Gasteiger partial charge in [-0.15, -0.1) is 0 Å². The minimum Gasteiger partial charge on any atom is -0.355 e. The van der Waals surface area contributed by atoms with E-state index in [0.717, 1.165) is 42.1 Å². The Labute approximate surface area is 189 Å². The van der Waals surface area contributed by atoms with Gasteiger partial charge in [0.15, 0.2) is 5.82 Å². The number of rotatable bonds is 8. The molecule has 1 aliphatic carbocycles. The van der Waals surface area contributed by atoms with Gasteiger partial charge in [0.1, 0.15) is 17.5 Å². The first kappa shape index (κ1) is 22.1. The molecule has 4 rings (SSSR count). The highest BCUT2D eigenvalue weighted by atomic mass is 19.1. The van der Waals surface area contributed by atoms with Crippen LogP contribution in [0.25, 0.3) is 23.0 Å². The van der Waals surface area contributed by atoms with Gasteiger partial charge in [-0.05, 0) is 69.4 Å². The van der Waals surface area contributed by atoms with Gasteiger partial charge in [-0.1, -0.05) is 12.7 Å². The van der Waals surface area contributed by atoms with E-state index in [1.165, 1.54) is 31.5 Å². The van der Waals surface area contributed by atoms with E-state index in [-0.39, 0.29) is 5.83 Å². The van der Waals surface area contributed by atoms with E-state index in [1.54, 1.807) is 6.20 Å². The van der Waals surface area contributed by atoms with Crippen LogP contribution in [0.3, 0.4) is 0 Å². The Morgan fingerprint density at radius 1 is 1.31 bits per heavy atom. The van der Waals surface area contributed by atoms with E-state index in [4.69, 9.17) is 9.97 Å². The van der Waals surface area contributed by atoms with Crippen molar-refractivity contribution in [2.75, 3.05) is 30.4 Å². The van der Waals surface area contributed by atoms with Gasteiger partial charge in [0.25, 0.3) is 0 Å². The minimum absolute atomic E-state index is 0.320. The number of nitrogens with zero attached hydrogens (tertiary/aromatic N) is 4. The van der Waals surface area contributed by atoms with Gasteiger partial charge < -0.3 is 15.5 Å². The molecule has 32 heavy (non-hydrogen) atoms. The quantitative estimate of drug-likeness (QED) is 0.607. The van der Waals surface area contributed by atoms with Gasteiger partial charge in [-0.3, -0.25) is 0 Å². The summed E-state index contributed by atoms with van der Waals surface area (Å²) >= 11 is 0. The Kier molecular flexibility index (Phi) is 6.65. The number of likely N-dealkylation sites (N-methyl/N-ethyl adjacent to an activating group) is 1. The summed E-state index contributed by atoms with van der Waals surface area (Å²) in [6.45, 7) is 9.49. The number of aromatic nitrogens is 3. The van der Waals surface area contributed by atoms with Gasteiger partial charge in [0.2, 0.25) is 0 Å². The zero-order valence-electron chi connectivity index (χ0n) is 19.0. The zero-order chi connectivity index (χ0) is 22.7. The lowest BCUT2D eigenvalue weighted by atomic mass is 9.98. The fourth-order valence-electron chi connectivity index (χ4n) is 4.22. The first-order valence-corrected chi connectivity index (χ1v) is 11.2. The van der Waals surface area contributed by atoms with Gasteiger partial charge in [0, 0.05) is 43.2 Å². The summed E-state index contributed by atoms with van der Waals surface area (Å²) in [4.78, 5) is 16.5. The molecular formula is C25H31FN6. The van der Waals surface area contributed by atoms with Crippen molar-refractivity contribution in [2.24, 2.45) is 5.92 Å². The van der Waals surface area contributed by atoms with Gasteiger partial charge >= 0.3 is 0 Å². The van der Waals surface area contributed by atoms with Gasteiger partial charge in [-0.25, -0.2) is 19.3 Å². The second-order valence-corrected chi connectivity index (χ2v) is 8.42. The Hall–Kier alpha value is -3.06. The van der Waals surface area contributed by atoms with E-state index in [9.17, 15) is 4.39 Å². The molecule has 6 nitrogen and oxygen atoms in total. The number of pyridine rings is 1. The third-order valence-electron chi connectivity index (χ3n) is 6.08. The van der Waals surface area contributed by atoms with Crippen LogP contribution in [-0.4, -0.2) is 41.1 Å². The number of anilines is 2. The van der Waals surface area contributed by atoms with Crippen molar-refractivity contribution in [3.05, 3.63) is 54.3 Å². The average Bonchev–Trinajstić information content (AvgIpc) is 3.49. The lowest BCUT2D eigenvalue weighted by Crippen LogP contribution is -2.35. The van der Waals surface area contributed by atoms with Crippen LogP contribution in [0.1, 0.15) is 44.4 Å². The van der Waals surface area contributed by atoms with Gasteiger partial charge in [-0.2, -0.15) is 0 Å². The molecule has 168 valence electrons. The molecule has 2 aliphatic rings. The highest BCUT2D eigenvalue weighted by Gasteiger charge is 2.32. The predicted octanol–water partition coefficient (Wildman–Crippen LogP) is 5.04. The molecule has 1 atom stereocenters. The topological polar surface area (TPSA) is 66.0 Å². The van der Waals surface area contributed by atoms with Crippen LogP contribution in [0.15, 0.2) is 43.0 Å². The van der Waals surface area contributed by atoms with Crippen LogP contribution < -0.4 is 15.5 Å². The van der Waals surface area contributed by atoms with Crippen molar-refractivity contribution in [1.29, 1.82) is 0 Å². The number of hydrogen-bond donors (Lipinski definition) is 2. The maximum atomic E-state index is 13.1. The average molecular weight is 435 g/mol. The number of allylic oxidation sites excluding steroid dienone is 3. The fraction of sp³-hybridized carbons (Fsp3) is 0.400. The monoisotopic (exact) mass is 434 g/mol. The van der Waals surface area contributed by atoms with E-state index in [0.29, 0.717) is 23.6 Å². The molecule has 1 saturated heterocycles. The van der Waals surface area contributed by atoms with Crippen LogP contribution in [0.4, 0.5) is 16.0 Å². The summed E-state index contributed by atoms with van der Waals surface area (Å²) < 4.78 is 13.1. The second kappa shape index (κ2) is 9.61. The molecule has 3 heterocycles. The standard InChI is InChI=1S/C25H31FN6/c1-5-20(17-7-8-17)23-21(6-2)30-24(31-25(23)32(4)19-10-11-27-15-19)18-9-12-28-22(13-18)29-14-16(3)26/h5-6,9,12-14,17,19,27H,2,7-8,10-11,15H2,1,3-4H3,(H,28,29)/b16-14-,20-5-. The Balaban J connectivity index is 1.83. The van der Waals surface area contributed by atoms with Crippen LogP contribution in [0.5, 0.6) is 0 Å². The summed E-state index contributed by atoms with van der Waals surface area (Å²) in [6.07, 6.45) is 10.5. The molecule has 2 N–H and O–H groups in total. The van der Waals surface area contributed by atoms with Crippen LogP contribution >= 0.6 is 0 Å². The first-order valence-electron chi connectivity index (χ1n) is 11.2. The third kappa shape index (κ3) is 4.72. The van der Waals surface area contributed by atoms with Crippen molar-refractivity contribution in [1.82, 2.24) is 20.3 Å². The molecule has 0 radical (unpaired) electrons. The summed E-state index contributed by atoms with van der Waals surface area (Å²) in [5, 5.41) is 6.33. The van der Waals surface area contributed by atoms with Gasteiger partial charge in [0.05, 0.1) is 5.69 Å². The summed E-state index contributed by atoms with van der Waals surface area (Å²) in [5.41, 5.74) is 4.05. The van der Waals surface area contributed by atoms with E-state index in [1.807, 2.05) is 18.2 Å². The number of halogens is 1. The van der Waals surface area contributed by atoms with Crippen LogP contribution in [-0.2, 0) is 0 Å². The molecule has 1 saturated carbocycles. The second-order valence-electron chi connectivity index (χ2n) is 8.42. The molecule has 0 bridgehead atoms. The molecular weight excluding hydrogens is 403 g/mol. The Bertz CT molecular complexity index is 1050. The highest BCUT2D eigenvalue weighted by Crippen LogP contribution is 2.46. The molecule has 2 aromatic heterocycles. The highest BCUT2D eigenvalue weighted by molar-refractivity contribution is 5.83. The maximum absolute atomic E-state index is 13.1. The zero-order valence-corrected chi connectivity index (χ0v) is 19.0. The molecule has 2 fully saturated rings. The minimum atomic E-state index is -0.320. The van der Waals surface area contributed by atoms with Crippen molar-refractivity contribution in [3.63, 3.8) is 0 Å². The maximum Gasteiger partial charge on any atom is 0.162 e. The largest absolute Gasteiger partial charge is 0.355 e. The Morgan fingerprint density at radius 3 is 2.75 bits per heavy atom. The SMILES string of the molecule is C=Cc1nc(-c2ccnc(N/C=C(/C)F)c2)nc(N(C)C2CCNC2)c1/C(=C\C)C1CC1. The molecule has 0 spiro atoms. The fourth-order valence-corrected chi connectivity index (χ4v) is 4.22. The number of nitrogens with one attached hydrogen (secondary N) is 2. The predicted molar refractivity (Wildman–Crippen MR) is 130 cm³/mol. The lowest BCUT2D eigenvalue weighted by molar-refractivity contribution is 0.639. The normalized spacial score (nSPS) is 19.2. The van der Waals surface area contributed by atoms with Crippen LogP contribution in [0.2, 0.25) is 0 Å². The van der Waals surface area contributed by atoms with Crippen molar-refractivity contribution in [2.45, 2.75) is 39.2 Å². The van der Waals surface area contributed by atoms with Crippen molar-refractivity contribution >= 4 is 23.3 Å². The molecule has 2 aromatic rings. The van der Waals surface area contributed by atoms with Crippen LogP contribution in [0, 0.1) is 5.92 Å². The molecule has 0 amide bonds. The molecule has 1 aliphatic heterocycles. The Morgan fingerprint density at radius 2 is 2.12 bits per heavy atom. The van der Waals surface area contributed by atoms with Crippen molar-refractivity contribution < 1.29 is 4.39 Å². The third-order valence-corrected chi connectivity index (χ3v) is 6.08. The van der Waals surface area contributed by atoms with E-state index < -0.39 is 0 Å². The summed E-state index contributed by atoms with van der Waals surface area (Å²) in [7, 11) is 2.12. The molecule has 0 aromatic carbocycles.